The zero-order valence-electron chi connectivity index (χ0n) is 9.13. The van der Waals surface area contributed by atoms with E-state index in [4.69, 9.17) is 4.74 Å². The van der Waals surface area contributed by atoms with Crippen LogP contribution in [0, 0.1) is 5.82 Å². The van der Waals surface area contributed by atoms with Crippen LogP contribution in [0.1, 0.15) is 25.3 Å². The topological polar surface area (TPSA) is 9.23 Å². The molecule has 0 amide bonds. The van der Waals surface area contributed by atoms with Gasteiger partial charge in [0.05, 0.1) is 12.7 Å². The van der Waals surface area contributed by atoms with Crippen molar-refractivity contribution in [2.75, 3.05) is 0 Å². The fourth-order valence-electron chi connectivity index (χ4n) is 1.29. The lowest BCUT2D eigenvalue weighted by Gasteiger charge is -2.13. The van der Waals surface area contributed by atoms with Crippen molar-refractivity contribution in [2.24, 2.45) is 0 Å². The normalized spacial score (nSPS) is 13.1. The van der Waals surface area contributed by atoms with Crippen LogP contribution in [-0.2, 0) is 11.3 Å². The molecule has 0 aliphatic carbocycles. The van der Waals surface area contributed by atoms with E-state index >= 15 is 0 Å². The molecule has 1 unspecified atom stereocenters. The van der Waals surface area contributed by atoms with Crippen LogP contribution in [0.3, 0.4) is 0 Å². The second-order valence-electron chi connectivity index (χ2n) is 3.68. The Labute approximate surface area is 93.2 Å². The van der Waals surface area contributed by atoms with Crippen molar-refractivity contribution in [1.82, 2.24) is 0 Å². The molecule has 1 rings (SSSR count). The first-order valence-electron chi connectivity index (χ1n) is 5.22. The zero-order valence-corrected chi connectivity index (χ0v) is 9.13. The Hall–Kier alpha value is -1.03. The minimum Gasteiger partial charge on any atom is -0.374 e. The number of alkyl halides is 2. The molecule has 0 aliphatic heterocycles. The first kappa shape index (κ1) is 13.0. The Bertz CT molecular complexity index is 315. The van der Waals surface area contributed by atoms with E-state index in [9.17, 15) is 13.2 Å². The summed E-state index contributed by atoms with van der Waals surface area (Å²) >= 11 is 0. The van der Waals surface area contributed by atoms with Crippen molar-refractivity contribution in [2.45, 2.75) is 38.9 Å². The summed E-state index contributed by atoms with van der Waals surface area (Å²) in [5.74, 6) is -0.330. The fourth-order valence-corrected chi connectivity index (χ4v) is 1.29. The maximum atomic E-state index is 13.2. The van der Waals surface area contributed by atoms with Crippen molar-refractivity contribution in [3.8, 4) is 0 Å². The lowest BCUT2D eigenvalue weighted by Crippen LogP contribution is -2.10. The minimum atomic E-state index is -2.31. The molecule has 0 fully saturated rings. The summed E-state index contributed by atoms with van der Waals surface area (Å²) < 4.78 is 42.3. The third kappa shape index (κ3) is 4.66. The molecule has 1 nitrogen and oxygen atoms in total. The van der Waals surface area contributed by atoms with Gasteiger partial charge < -0.3 is 4.74 Å². The van der Waals surface area contributed by atoms with E-state index in [1.807, 2.05) is 0 Å². The van der Waals surface area contributed by atoms with Crippen molar-refractivity contribution >= 4 is 0 Å². The molecule has 0 saturated heterocycles. The summed E-state index contributed by atoms with van der Waals surface area (Å²) in [6.45, 7) is 1.83. The summed E-state index contributed by atoms with van der Waals surface area (Å²) in [6.07, 6.45) is -2.49. The molecular weight excluding hydrogens is 217 g/mol. The number of hydrogen-bond acceptors (Lipinski definition) is 1. The van der Waals surface area contributed by atoms with E-state index in [-0.39, 0.29) is 31.4 Å². The number of halogens is 3. The highest BCUT2D eigenvalue weighted by molar-refractivity contribution is 5.16. The van der Waals surface area contributed by atoms with Gasteiger partial charge in [-0.15, -0.1) is 0 Å². The van der Waals surface area contributed by atoms with Gasteiger partial charge in [-0.3, -0.25) is 0 Å². The quantitative estimate of drug-likeness (QED) is 0.725. The van der Waals surface area contributed by atoms with E-state index in [1.165, 1.54) is 6.07 Å². The van der Waals surface area contributed by atoms with Gasteiger partial charge in [-0.2, -0.15) is 0 Å². The molecule has 0 spiro atoms. The summed E-state index contributed by atoms with van der Waals surface area (Å²) in [6, 6.07) is 6.28. The van der Waals surface area contributed by atoms with Crippen LogP contribution >= 0.6 is 0 Å². The van der Waals surface area contributed by atoms with E-state index in [0.29, 0.717) is 5.56 Å². The number of ether oxygens (including phenoxy) is 1. The van der Waals surface area contributed by atoms with E-state index < -0.39 is 6.43 Å². The van der Waals surface area contributed by atoms with Crippen molar-refractivity contribution in [3.63, 3.8) is 0 Å². The molecule has 90 valence electrons. The Morgan fingerprint density at radius 1 is 1.19 bits per heavy atom. The first-order valence-corrected chi connectivity index (χ1v) is 5.22. The van der Waals surface area contributed by atoms with Crippen LogP contribution in [0.2, 0.25) is 0 Å². The third-order valence-corrected chi connectivity index (χ3v) is 2.27. The van der Waals surface area contributed by atoms with Gasteiger partial charge >= 0.3 is 0 Å². The largest absolute Gasteiger partial charge is 0.374 e. The van der Waals surface area contributed by atoms with Gasteiger partial charge in [0, 0.05) is 12.0 Å². The zero-order chi connectivity index (χ0) is 12.0. The predicted molar refractivity (Wildman–Crippen MR) is 55.9 cm³/mol. The third-order valence-electron chi connectivity index (χ3n) is 2.27. The molecule has 1 atom stereocenters. The summed E-state index contributed by atoms with van der Waals surface area (Å²) in [7, 11) is 0. The fraction of sp³-hybridized carbons (Fsp3) is 0.500. The highest BCUT2D eigenvalue weighted by atomic mass is 19.3. The average molecular weight is 232 g/mol. The van der Waals surface area contributed by atoms with Crippen LogP contribution in [-0.4, -0.2) is 12.5 Å². The Morgan fingerprint density at radius 3 is 2.50 bits per heavy atom. The second-order valence-corrected chi connectivity index (χ2v) is 3.68. The molecule has 16 heavy (non-hydrogen) atoms. The molecule has 4 heteroatoms. The first-order chi connectivity index (χ1) is 7.59. The van der Waals surface area contributed by atoms with Gasteiger partial charge in [-0.05, 0) is 19.4 Å². The van der Waals surface area contributed by atoms with Gasteiger partial charge in [-0.1, -0.05) is 18.2 Å². The summed E-state index contributed by atoms with van der Waals surface area (Å²) in [4.78, 5) is 0. The van der Waals surface area contributed by atoms with Crippen molar-refractivity contribution < 1.29 is 17.9 Å². The number of benzene rings is 1. The van der Waals surface area contributed by atoms with E-state index in [1.54, 1.807) is 25.1 Å². The van der Waals surface area contributed by atoms with Gasteiger partial charge in [0.1, 0.15) is 5.82 Å². The lowest BCUT2D eigenvalue weighted by atomic mass is 10.2. The maximum Gasteiger partial charge on any atom is 0.238 e. The Balaban J connectivity index is 2.31. The molecular formula is C12H15F3O. The molecule has 1 aromatic carbocycles. The average Bonchev–Trinajstić information content (AvgIpc) is 2.25. The number of hydrogen-bond donors (Lipinski definition) is 0. The minimum absolute atomic E-state index is 0.122. The van der Waals surface area contributed by atoms with Gasteiger partial charge in [0.15, 0.2) is 0 Å². The second kappa shape index (κ2) is 6.53. The van der Waals surface area contributed by atoms with E-state index in [2.05, 4.69) is 0 Å². The van der Waals surface area contributed by atoms with Crippen LogP contribution in [0.5, 0.6) is 0 Å². The Kier molecular flexibility index (Phi) is 5.32. The van der Waals surface area contributed by atoms with Crippen molar-refractivity contribution in [1.29, 1.82) is 0 Å². The van der Waals surface area contributed by atoms with Crippen LogP contribution < -0.4 is 0 Å². The lowest BCUT2D eigenvalue weighted by molar-refractivity contribution is 0.0295. The summed E-state index contributed by atoms with van der Waals surface area (Å²) in [5.41, 5.74) is 0.450. The van der Waals surface area contributed by atoms with Gasteiger partial charge in [0.25, 0.3) is 0 Å². The van der Waals surface area contributed by atoms with E-state index in [0.717, 1.165) is 0 Å². The van der Waals surface area contributed by atoms with Crippen LogP contribution in [0.4, 0.5) is 13.2 Å². The standard InChI is InChI=1S/C12H15F3O/c1-9(6-7-12(14)15)16-8-10-4-2-3-5-11(10)13/h2-5,9,12H,6-8H2,1H3. The van der Waals surface area contributed by atoms with Gasteiger partial charge in [0.2, 0.25) is 6.43 Å². The molecule has 0 aliphatic rings. The van der Waals surface area contributed by atoms with Gasteiger partial charge in [-0.25, -0.2) is 13.2 Å². The summed E-state index contributed by atoms with van der Waals surface area (Å²) in [5, 5.41) is 0. The van der Waals surface area contributed by atoms with Crippen LogP contribution in [0.25, 0.3) is 0 Å². The monoisotopic (exact) mass is 232 g/mol. The highest BCUT2D eigenvalue weighted by Gasteiger charge is 2.09. The predicted octanol–water partition coefficient (Wildman–Crippen LogP) is 3.78. The smallest absolute Gasteiger partial charge is 0.238 e. The highest BCUT2D eigenvalue weighted by Crippen LogP contribution is 2.12. The maximum absolute atomic E-state index is 13.2. The Morgan fingerprint density at radius 2 is 1.88 bits per heavy atom. The molecule has 0 bridgehead atoms. The van der Waals surface area contributed by atoms with Crippen molar-refractivity contribution in [3.05, 3.63) is 35.6 Å². The molecule has 0 radical (unpaired) electrons. The van der Waals surface area contributed by atoms with Crippen LogP contribution in [0.15, 0.2) is 24.3 Å². The molecule has 1 aromatic rings. The molecule has 0 N–H and O–H groups in total. The SMILES string of the molecule is CC(CCC(F)F)OCc1ccccc1F. The number of rotatable bonds is 6. The molecule has 0 heterocycles. The molecule has 0 saturated carbocycles. The molecule has 0 aromatic heterocycles.